The molecule has 0 fully saturated rings. The summed E-state index contributed by atoms with van der Waals surface area (Å²) in [6, 6.07) is 13.7. The molecule has 1 heterocycles. The van der Waals surface area contributed by atoms with Gasteiger partial charge in [-0.25, -0.2) is 0 Å². The van der Waals surface area contributed by atoms with Gasteiger partial charge in [-0.2, -0.15) is 13.1 Å². The van der Waals surface area contributed by atoms with Crippen LogP contribution < -0.4 is 0 Å². The summed E-state index contributed by atoms with van der Waals surface area (Å²) in [4.78, 5) is 0.0897. The highest BCUT2D eigenvalue weighted by Gasteiger charge is 2.20. The van der Waals surface area contributed by atoms with Crippen molar-refractivity contribution >= 4 is 27.0 Å². The third-order valence-corrected chi connectivity index (χ3v) is 4.55. The van der Waals surface area contributed by atoms with Crippen LogP contribution in [0.1, 0.15) is 12.5 Å². The average Bonchev–Trinajstić information content (AvgIpc) is 2.97. The zero-order valence-corrected chi connectivity index (χ0v) is 13.5. The lowest BCUT2D eigenvalue weighted by atomic mass is 10.2. The summed E-state index contributed by atoms with van der Waals surface area (Å²) in [6.45, 7) is 3.56. The summed E-state index contributed by atoms with van der Waals surface area (Å²) in [5.74, 6) is 0.0827. The number of hydrogen-bond donors (Lipinski definition) is 0. The molecule has 118 valence electrons. The molecule has 0 amide bonds. The van der Waals surface area contributed by atoms with E-state index in [1.807, 2.05) is 19.1 Å². The van der Waals surface area contributed by atoms with Crippen molar-refractivity contribution < 1.29 is 12.6 Å². The van der Waals surface area contributed by atoms with Gasteiger partial charge in [0, 0.05) is 0 Å². The van der Waals surface area contributed by atoms with E-state index in [2.05, 4.69) is 10.3 Å². The Balaban J connectivity index is 1.98. The fourth-order valence-electron chi connectivity index (χ4n) is 2.10. The molecule has 6 nitrogen and oxygen atoms in total. The van der Waals surface area contributed by atoms with E-state index in [4.69, 9.17) is 4.18 Å². The Labute approximate surface area is 134 Å². The summed E-state index contributed by atoms with van der Waals surface area (Å²) >= 11 is 0. The van der Waals surface area contributed by atoms with Crippen molar-refractivity contribution in [2.75, 3.05) is 0 Å². The predicted molar refractivity (Wildman–Crippen MR) is 86.9 cm³/mol. The molecule has 0 aliphatic carbocycles. The van der Waals surface area contributed by atoms with Gasteiger partial charge in [0.15, 0.2) is 0 Å². The largest absolute Gasteiger partial charge is 0.358 e. The van der Waals surface area contributed by atoms with Gasteiger partial charge in [-0.1, -0.05) is 35.0 Å². The molecule has 0 aliphatic heterocycles. The van der Waals surface area contributed by atoms with E-state index in [1.165, 1.54) is 22.9 Å². The fourth-order valence-corrected chi connectivity index (χ4v) is 3.06. The van der Waals surface area contributed by atoms with Gasteiger partial charge in [0.05, 0.1) is 5.52 Å². The third-order valence-electron chi connectivity index (χ3n) is 3.31. The average molecular weight is 329 g/mol. The number of hydrogen-bond acceptors (Lipinski definition) is 5. The maximum Gasteiger partial charge on any atom is 0.340 e. The number of nitrogens with zero attached hydrogens (tertiary/aromatic N) is 3. The van der Waals surface area contributed by atoms with Crippen molar-refractivity contribution in [2.24, 2.45) is 0 Å². The Bertz CT molecular complexity index is 973. The second-order valence-electron chi connectivity index (χ2n) is 4.97. The van der Waals surface area contributed by atoms with Crippen molar-refractivity contribution in [1.82, 2.24) is 15.0 Å². The van der Waals surface area contributed by atoms with Crippen LogP contribution in [0.15, 0.2) is 59.5 Å². The molecule has 0 radical (unpaired) electrons. The van der Waals surface area contributed by atoms with Gasteiger partial charge in [0.1, 0.15) is 10.4 Å². The van der Waals surface area contributed by atoms with E-state index in [9.17, 15) is 8.42 Å². The first-order valence-electron chi connectivity index (χ1n) is 6.99. The summed E-state index contributed by atoms with van der Waals surface area (Å²) in [7, 11) is -3.94. The Kier molecular flexibility index (Phi) is 3.87. The lowest BCUT2D eigenvalue weighted by molar-refractivity contribution is 0.436. The fraction of sp³-hybridized carbons (Fsp3) is 0.125. The zero-order valence-electron chi connectivity index (χ0n) is 12.7. The first-order chi connectivity index (χ1) is 11.0. The molecule has 1 aromatic heterocycles. The summed E-state index contributed by atoms with van der Waals surface area (Å²) in [5, 5.41) is 7.97. The molecule has 7 heteroatoms. The molecule has 3 rings (SSSR count). The Morgan fingerprint density at radius 1 is 1.13 bits per heavy atom. The van der Waals surface area contributed by atoms with E-state index < -0.39 is 10.1 Å². The lowest BCUT2D eigenvalue weighted by Crippen LogP contribution is -2.11. The van der Waals surface area contributed by atoms with E-state index in [0.29, 0.717) is 11.0 Å². The highest BCUT2D eigenvalue weighted by Crippen LogP contribution is 2.21. The van der Waals surface area contributed by atoms with Gasteiger partial charge in [-0.3, -0.25) is 0 Å². The van der Waals surface area contributed by atoms with E-state index in [1.54, 1.807) is 31.2 Å². The molecular weight excluding hydrogens is 314 g/mol. The monoisotopic (exact) mass is 329 g/mol. The van der Waals surface area contributed by atoms with Gasteiger partial charge >= 0.3 is 10.1 Å². The Morgan fingerprint density at radius 2 is 1.83 bits per heavy atom. The smallest absolute Gasteiger partial charge is 0.340 e. The van der Waals surface area contributed by atoms with Crippen LogP contribution in [0.3, 0.4) is 0 Å². The Hall–Kier alpha value is -2.67. The number of aromatic nitrogens is 3. The third kappa shape index (κ3) is 2.95. The van der Waals surface area contributed by atoms with Gasteiger partial charge in [0.2, 0.25) is 5.88 Å². The van der Waals surface area contributed by atoms with Crippen molar-refractivity contribution in [2.45, 2.75) is 18.7 Å². The SMILES string of the molecule is C/C=C(/OS(=O)(=O)c1ccc(C)cc1)n1nnc2ccccc21. The molecule has 0 bridgehead atoms. The minimum Gasteiger partial charge on any atom is -0.358 e. The highest BCUT2D eigenvalue weighted by molar-refractivity contribution is 7.87. The molecule has 3 aromatic rings. The first kappa shape index (κ1) is 15.2. The zero-order chi connectivity index (χ0) is 16.4. The minimum atomic E-state index is -3.94. The molecule has 0 unspecified atom stereocenters. The van der Waals surface area contributed by atoms with Crippen molar-refractivity contribution in [3.8, 4) is 0 Å². The molecule has 0 atom stereocenters. The second-order valence-corrected chi connectivity index (χ2v) is 6.51. The van der Waals surface area contributed by atoms with Gasteiger partial charge in [-0.05, 0) is 44.2 Å². The minimum absolute atomic E-state index is 0.0827. The van der Waals surface area contributed by atoms with E-state index in [0.717, 1.165) is 5.56 Å². The van der Waals surface area contributed by atoms with Gasteiger partial charge in [0.25, 0.3) is 0 Å². The van der Waals surface area contributed by atoms with Crippen molar-refractivity contribution in [1.29, 1.82) is 0 Å². The van der Waals surface area contributed by atoms with Crippen LogP contribution in [0.4, 0.5) is 0 Å². The maximum atomic E-state index is 12.4. The standard InChI is InChI=1S/C16H15N3O3S/c1-3-16(19-15-7-5-4-6-14(15)17-18-19)22-23(20,21)13-10-8-12(2)9-11-13/h3-11H,1-2H3/b16-3+. The number of rotatable bonds is 4. The maximum absolute atomic E-state index is 12.4. The Morgan fingerprint density at radius 3 is 2.52 bits per heavy atom. The van der Waals surface area contributed by atoms with Crippen LogP contribution >= 0.6 is 0 Å². The number of aryl methyl sites for hydroxylation is 1. The number of allylic oxidation sites excluding steroid dienone is 1. The van der Waals surface area contributed by atoms with Crippen LogP contribution in [0.2, 0.25) is 0 Å². The topological polar surface area (TPSA) is 74.1 Å². The van der Waals surface area contributed by atoms with Crippen molar-refractivity contribution in [3.63, 3.8) is 0 Å². The molecule has 0 aliphatic rings. The van der Waals surface area contributed by atoms with Crippen molar-refractivity contribution in [3.05, 3.63) is 60.2 Å². The molecule has 0 spiro atoms. The van der Waals surface area contributed by atoms with Crippen LogP contribution in [0, 0.1) is 6.92 Å². The number of fused-ring (bicyclic) bond motifs is 1. The molecule has 0 saturated carbocycles. The van der Waals surface area contributed by atoms with E-state index in [-0.39, 0.29) is 10.8 Å². The normalized spacial score (nSPS) is 12.5. The van der Waals surface area contributed by atoms with Gasteiger partial charge in [-0.15, -0.1) is 5.10 Å². The molecule has 0 saturated heterocycles. The summed E-state index contributed by atoms with van der Waals surface area (Å²) < 4.78 is 31.5. The van der Waals surface area contributed by atoms with Crippen LogP contribution in [-0.4, -0.2) is 23.4 Å². The van der Waals surface area contributed by atoms with Crippen LogP contribution in [-0.2, 0) is 14.3 Å². The highest BCUT2D eigenvalue weighted by atomic mass is 32.2. The number of benzene rings is 2. The molecule has 23 heavy (non-hydrogen) atoms. The number of para-hydroxylation sites is 1. The quantitative estimate of drug-likeness (QED) is 0.543. The van der Waals surface area contributed by atoms with Crippen LogP contribution in [0.25, 0.3) is 16.9 Å². The summed E-state index contributed by atoms with van der Waals surface area (Å²) in [6.07, 6.45) is 1.53. The van der Waals surface area contributed by atoms with Gasteiger partial charge < -0.3 is 4.18 Å². The second kappa shape index (κ2) is 5.85. The lowest BCUT2D eigenvalue weighted by Gasteiger charge is -2.10. The predicted octanol–water partition coefficient (Wildman–Crippen LogP) is 2.96. The molecule has 0 N–H and O–H groups in total. The molecule has 2 aromatic carbocycles. The van der Waals surface area contributed by atoms with Crippen LogP contribution in [0.5, 0.6) is 0 Å². The molecular formula is C16H15N3O3S. The summed E-state index contributed by atoms with van der Waals surface area (Å²) in [5.41, 5.74) is 2.29. The first-order valence-corrected chi connectivity index (χ1v) is 8.40. The van der Waals surface area contributed by atoms with E-state index >= 15 is 0 Å².